The molecule has 0 aliphatic carbocycles. The molecule has 1 aromatic carbocycles. The molecule has 0 spiro atoms. The van der Waals surface area contributed by atoms with Crippen LogP contribution in [0.2, 0.25) is 5.02 Å². The summed E-state index contributed by atoms with van der Waals surface area (Å²) in [5.74, 6) is -0.239. The number of amides is 1. The second kappa shape index (κ2) is 6.31. The van der Waals surface area contributed by atoms with Crippen LogP contribution in [0.4, 0.5) is 0 Å². The monoisotopic (exact) mass is 280 g/mol. The maximum Gasteiger partial charge on any atom is 0.252 e. The van der Waals surface area contributed by atoms with Crippen LogP contribution >= 0.6 is 11.6 Å². The number of carbonyl (C=O) groups excluding carboxylic acids is 1. The van der Waals surface area contributed by atoms with Gasteiger partial charge in [-0.2, -0.15) is 0 Å². The molecule has 1 N–H and O–H groups in total. The summed E-state index contributed by atoms with van der Waals surface area (Å²) in [5, 5.41) is 10.6. The van der Waals surface area contributed by atoms with E-state index in [0.717, 1.165) is 5.69 Å². The van der Waals surface area contributed by atoms with Gasteiger partial charge in [0.15, 0.2) is 0 Å². The van der Waals surface area contributed by atoms with E-state index in [1.807, 2.05) is 0 Å². The van der Waals surface area contributed by atoms with E-state index in [1.165, 1.54) is 0 Å². The van der Waals surface area contributed by atoms with Gasteiger partial charge in [-0.3, -0.25) is 9.36 Å². The van der Waals surface area contributed by atoms with Gasteiger partial charge in [0.05, 0.1) is 17.2 Å². The molecule has 0 atom stereocenters. The minimum Gasteiger partial charge on any atom is -0.383 e. The molecular weight excluding hydrogens is 268 g/mol. The Hall–Kier alpha value is -1.92. The highest BCUT2D eigenvalue weighted by molar-refractivity contribution is 6.33. The zero-order chi connectivity index (χ0) is 13.7. The number of benzene rings is 1. The first-order valence-corrected chi connectivity index (χ1v) is 6.02. The Bertz CT molecular complexity index is 557. The van der Waals surface area contributed by atoms with E-state index in [0.29, 0.717) is 23.7 Å². The molecule has 1 amide bonds. The largest absolute Gasteiger partial charge is 0.383 e. The Kier molecular flexibility index (Phi) is 4.48. The average Bonchev–Trinajstić information content (AvgIpc) is 2.93. The van der Waals surface area contributed by atoms with Crippen molar-refractivity contribution in [3.63, 3.8) is 0 Å². The molecule has 0 aliphatic rings. The van der Waals surface area contributed by atoms with Gasteiger partial charge in [0, 0.05) is 19.3 Å². The zero-order valence-electron chi connectivity index (χ0n) is 10.3. The number of hydrogen-bond donors (Lipinski definition) is 1. The number of nitrogens with zero attached hydrogens (tertiary/aromatic N) is 3. The van der Waals surface area contributed by atoms with Gasteiger partial charge < -0.3 is 10.1 Å². The molecule has 0 fully saturated rings. The zero-order valence-corrected chi connectivity index (χ0v) is 11.1. The lowest BCUT2D eigenvalue weighted by Crippen LogP contribution is -2.27. The summed E-state index contributed by atoms with van der Waals surface area (Å²) in [6.45, 7) is 0.886. The van der Waals surface area contributed by atoms with Gasteiger partial charge >= 0.3 is 0 Å². The van der Waals surface area contributed by atoms with Crippen molar-refractivity contribution < 1.29 is 9.53 Å². The smallest absolute Gasteiger partial charge is 0.252 e. The van der Waals surface area contributed by atoms with Crippen molar-refractivity contribution in [2.45, 2.75) is 0 Å². The fraction of sp³-hybridized carbons (Fsp3) is 0.250. The van der Waals surface area contributed by atoms with Gasteiger partial charge in [-0.1, -0.05) is 11.6 Å². The molecule has 6 nitrogen and oxygen atoms in total. The van der Waals surface area contributed by atoms with Crippen LogP contribution in [0.3, 0.4) is 0 Å². The maximum absolute atomic E-state index is 12.0. The first-order valence-electron chi connectivity index (χ1n) is 5.64. The second-order valence-electron chi connectivity index (χ2n) is 3.78. The normalized spacial score (nSPS) is 10.4. The highest BCUT2D eigenvalue weighted by Crippen LogP contribution is 2.19. The van der Waals surface area contributed by atoms with Crippen LogP contribution in [0.15, 0.2) is 30.9 Å². The summed E-state index contributed by atoms with van der Waals surface area (Å²) in [7, 11) is 1.58. The Balaban J connectivity index is 2.20. The first-order chi connectivity index (χ1) is 9.22. The van der Waals surface area contributed by atoms with E-state index in [4.69, 9.17) is 16.3 Å². The fourth-order valence-electron chi connectivity index (χ4n) is 1.54. The van der Waals surface area contributed by atoms with E-state index in [1.54, 1.807) is 42.5 Å². The van der Waals surface area contributed by atoms with Crippen LogP contribution in [-0.2, 0) is 4.74 Å². The molecule has 0 saturated heterocycles. The van der Waals surface area contributed by atoms with Crippen LogP contribution < -0.4 is 5.32 Å². The van der Waals surface area contributed by atoms with Crippen molar-refractivity contribution in [1.29, 1.82) is 0 Å². The summed E-state index contributed by atoms with van der Waals surface area (Å²) in [4.78, 5) is 12.0. The molecular formula is C12H13ClN4O2. The number of rotatable bonds is 5. The number of halogens is 1. The Morgan fingerprint density at radius 1 is 1.42 bits per heavy atom. The van der Waals surface area contributed by atoms with Gasteiger partial charge in [0.1, 0.15) is 12.7 Å². The van der Waals surface area contributed by atoms with Crippen LogP contribution in [0, 0.1) is 0 Å². The Morgan fingerprint density at radius 3 is 2.84 bits per heavy atom. The molecule has 2 aromatic rings. The number of hydrogen-bond acceptors (Lipinski definition) is 4. The molecule has 19 heavy (non-hydrogen) atoms. The van der Waals surface area contributed by atoms with E-state index < -0.39 is 0 Å². The van der Waals surface area contributed by atoms with Gasteiger partial charge in [-0.15, -0.1) is 10.2 Å². The first kappa shape index (κ1) is 13.5. The predicted molar refractivity (Wildman–Crippen MR) is 70.6 cm³/mol. The van der Waals surface area contributed by atoms with Gasteiger partial charge in [-0.25, -0.2) is 0 Å². The third-order valence-corrected chi connectivity index (χ3v) is 2.83. The number of nitrogens with one attached hydrogen (secondary N) is 1. The quantitative estimate of drug-likeness (QED) is 0.838. The van der Waals surface area contributed by atoms with Crippen molar-refractivity contribution in [2.24, 2.45) is 0 Å². The van der Waals surface area contributed by atoms with E-state index >= 15 is 0 Å². The molecule has 1 heterocycles. The number of methoxy groups -OCH3 is 1. The molecule has 0 unspecified atom stereocenters. The molecule has 100 valence electrons. The third-order valence-electron chi connectivity index (χ3n) is 2.50. The standard InChI is InChI=1S/C12H13ClN4O2/c1-19-5-4-14-12(18)10-6-9(2-3-11(10)13)17-7-15-16-8-17/h2-3,6-8H,4-5H2,1H3,(H,14,18). The summed E-state index contributed by atoms with van der Waals surface area (Å²) in [6, 6.07) is 5.15. The lowest BCUT2D eigenvalue weighted by molar-refractivity contribution is 0.0937. The lowest BCUT2D eigenvalue weighted by atomic mass is 10.2. The van der Waals surface area contributed by atoms with Crippen molar-refractivity contribution in [3.8, 4) is 5.69 Å². The fourth-order valence-corrected chi connectivity index (χ4v) is 1.75. The van der Waals surface area contributed by atoms with Crippen molar-refractivity contribution in [1.82, 2.24) is 20.1 Å². The molecule has 0 aliphatic heterocycles. The van der Waals surface area contributed by atoms with E-state index in [-0.39, 0.29) is 5.91 Å². The van der Waals surface area contributed by atoms with Crippen LogP contribution in [-0.4, -0.2) is 40.9 Å². The average molecular weight is 281 g/mol. The summed E-state index contributed by atoms with van der Waals surface area (Å²) in [5.41, 5.74) is 1.18. The number of aromatic nitrogens is 3. The minimum atomic E-state index is -0.239. The number of carbonyl (C=O) groups is 1. The van der Waals surface area contributed by atoms with Crippen molar-refractivity contribution in [3.05, 3.63) is 41.4 Å². The Labute approximate surface area is 115 Å². The van der Waals surface area contributed by atoms with Crippen LogP contribution in [0.5, 0.6) is 0 Å². The van der Waals surface area contributed by atoms with Crippen LogP contribution in [0.25, 0.3) is 5.69 Å². The maximum atomic E-state index is 12.0. The minimum absolute atomic E-state index is 0.239. The highest BCUT2D eigenvalue weighted by atomic mass is 35.5. The van der Waals surface area contributed by atoms with E-state index in [9.17, 15) is 4.79 Å². The van der Waals surface area contributed by atoms with Crippen molar-refractivity contribution >= 4 is 17.5 Å². The molecule has 0 bridgehead atoms. The topological polar surface area (TPSA) is 69.0 Å². The summed E-state index contributed by atoms with van der Waals surface area (Å²) >= 11 is 6.03. The van der Waals surface area contributed by atoms with Crippen molar-refractivity contribution in [2.75, 3.05) is 20.3 Å². The second-order valence-corrected chi connectivity index (χ2v) is 4.19. The predicted octanol–water partition coefficient (Wildman–Crippen LogP) is 1.30. The number of ether oxygens (including phenoxy) is 1. The molecule has 0 radical (unpaired) electrons. The summed E-state index contributed by atoms with van der Waals surface area (Å²) in [6.07, 6.45) is 3.10. The molecule has 0 saturated carbocycles. The van der Waals surface area contributed by atoms with Gasteiger partial charge in [0.2, 0.25) is 0 Å². The SMILES string of the molecule is COCCNC(=O)c1cc(-n2cnnc2)ccc1Cl. The summed E-state index contributed by atoms with van der Waals surface area (Å²) < 4.78 is 6.57. The van der Waals surface area contributed by atoms with Gasteiger partial charge in [-0.05, 0) is 18.2 Å². The highest BCUT2D eigenvalue weighted by Gasteiger charge is 2.11. The molecule has 2 rings (SSSR count). The lowest BCUT2D eigenvalue weighted by Gasteiger charge is -2.08. The molecule has 7 heteroatoms. The third kappa shape index (κ3) is 3.30. The van der Waals surface area contributed by atoms with Gasteiger partial charge in [0.25, 0.3) is 5.91 Å². The Morgan fingerprint density at radius 2 is 2.16 bits per heavy atom. The van der Waals surface area contributed by atoms with Crippen LogP contribution in [0.1, 0.15) is 10.4 Å². The molecule has 1 aromatic heterocycles. The van der Waals surface area contributed by atoms with E-state index in [2.05, 4.69) is 15.5 Å².